The maximum Gasteiger partial charge on any atom is 0.295 e. The van der Waals surface area contributed by atoms with Crippen LogP contribution in [0, 0.1) is 12.8 Å². The van der Waals surface area contributed by atoms with Crippen LogP contribution in [0.5, 0.6) is 5.75 Å². The molecule has 34 heavy (non-hydrogen) atoms. The molecule has 0 unspecified atom stereocenters. The van der Waals surface area contributed by atoms with Crippen molar-refractivity contribution >= 4 is 17.4 Å². The number of nitrogens with zero attached hydrogens (tertiary/aromatic N) is 3. The lowest BCUT2D eigenvalue weighted by molar-refractivity contribution is -0.140. The molecular formula is C27H35N3O4. The monoisotopic (exact) mass is 465 g/mol. The van der Waals surface area contributed by atoms with Gasteiger partial charge in [-0.15, -0.1) is 0 Å². The van der Waals surface area contributed by atoms with E-state index in [0.29, 0.717) is 31.2 Å². The van der Waals surface area contributed by atoms with E-state index in [1.807, 2.05) is 6.92 Å². The van der Waals surface area contributed by atoms with Gasteiger partial charge in [0.2, 0.25) is 0 Å². The molecule has 1 aliphatic rings. The summed E-state index contributed by atoms with van der Waals surface area (Å²) in [7, 11) is 0. The van der Waals surface area contributed by atoms with Gasteiger partial charge in [-0.2, -0.15) is 0 Å². The Morgan fingerprint density at radius 2 is 1.82 bits per heavy atom. The molecule has 0 saturated carbocycles. The maximum atomic E-state index is 13.2. The van der Waals surface area contributed by atoms with Crippen LogP contribution < -0.4 is 4.74 Å². The third-order valence-electron chi connectivity index (χ3n) is 6.13. The average molecular weight is 466 g/mol. The molecular weight excluding hydrogens is 430 g/mol. The van der Waals surface area contributed by atoms with Gasteiger partial charge in [-0.25, -0.2) is 0 Å². The Morgan fingerprint density at radius 1 is 1.15 bits per heavy atom. The number of aromatic nitrogens is 1. The topological polar surface area (TPSA) is 83.0 Å². The molecule has 1 N–H and O–H groups in total. The molecule has 1 aromatic heterocycles. The van der Waals surface area contributed by atoms with Crippen LogP contribution in [0.15, 0.2) is 48.3 Å². The number of hydrogen-bond donors (Lipinski definition) is 1. The Hall–Kier alpha value is -3.19. The highest BCUT2D eigenvalue weighted by molar-refractivity contribution is 6.46. The summed E-state index contributed by atoms with van der Waals surface area (Å²) in [6.45, 7) is 13.5. The normalized spacial score (nSPS) is 17.7. The summed E-state index contributed by atoms with van der Waals surface area (Å²) in [6.07, 6.45) is 3.26. The standard InChI is InChI=1S/C27H35N3O4/c1-6-29(7-2)14-15-30-24(20-10-12-28-13-11-20)23(26(32)27(30)33)25(31)21-8-9-22(19(5)16-21)34-17-18(3)4/h8-13,16,18,24,31H,6-7,14-15,17H2,1-5H3/t24-/m0/s1. The van der Waals surface area contributed by atoms with Crippen molar-refractivity contribution in [1.82, 2.24) is 14.8 Å². The highest BCUT2D eigenvalue weighted by atomic mass is 16.5. The minimum Gasteiger partial charge on any atom is -0.507 e. The highest BCUT2D eigenvalue weighted by Crippen LogP contribution is 2.39. The van der Waals surface area contributed by atoms with Crippen LogP contribution in [0.3, 0.4) is 0 Å². The van der Waals surface area contributed by atoms with Crippen molar-refractivity contribution in [3.05, 3.63) is 65.0 Å². The third-order valence-corrected chi connectivity index (χ3v) is 6.13. The van der Waals surface area contributed by atoms with Crippen molar-refractivity contribution in [2.45, 2.75) is 40.7 Å². The van der Waals surface area contributed by atoms with Gasteiger partial charge in [0, 0.05) is 31.0 Å². The number of hydrogen-bond acceptors (Lipinski definition) is 6. The fourth-order valence-corrected chi connectivity index (χ4v) is 4.16. The number of aliphatic hydroxyl groups excluding tert-OH is 1. The van der Waals surface area contributed by atoms with E-state index in [9.17, 15) is 14.7 Å². The second kappa shape index (κ2) is 11.3. The molecule has 0 spiro atoms. The lowest BCUT2D eigenvalue weighted by atomic mass is 9.95. The second-order valence-corrected chi connectivity index (χ2v) is 8.99. The van der Waals surface area contributed by atoms with Crippen LogP contribution in [0.2, 0.25) is 0 Å². The van der Waals surface area contributed by atoms with Gasteiger partial charge < -0.3 is 19.6 Å². The fourth-order valence-electron chi connectivity index (χ4n) is 4.16. The molecule has 1 atom stereocenters. The molecule has 3 rings (SSSR count). The number of rotatable bonds is 10. The number of benzene rings is 1. The minimum absolute atomic E-state index is 0.103. The third kappa shape index (κ3) is 5.47. The smallest absolute Gasteiger partial charge is 0.295 e. The molecule has 1 aromatic carbocycles. The van der Waals surface area contributed by atoms with Crippen molar-refractivity contribution in [2.75, 3.05) is 32.8 Å². The van der Waals surface area contributed by atoms with Crippen molar-refractivity contribution < 1.29 is 19.4 Å². The highest BCUT2D eigenvalue weighted by Gasteiger charge is 2.46. The average Bonchev–Trinajstić information content (AvgIpc) is 3.08. The van der Waals surface area contributed by atoms with Crippen molar-refractivity contribution in [3.8, 4) is 5.75 Å². The number of pyridine rings is 1. The number of likely N-dealkylation sites (tertiary alicyclic amines) is 1. The Bertz CT molecular complexity index is 1050. The number of likely N-dealkylation sites (N-methyl/N-ethyl adjacent to an activating group) is 1. The Labute approximate surface area is 202 Å². The van der Waals surface area contributed by atoms with Gasteiger partial charge in [0.05, 0.1) is 18.2 Å². The second-order valence-electron chi connectivity index (χ2n) is 8.99. The number of carbonyl (C=O) groups is 2. The van der Waals surface area contributed by atoms with E-state index < -0.39 is 17.7 Å². The maximum absolute atomic E-state index is 13.2. The zero-order valence-corrected chi connectivity index (χ0v) is 20.7. The molecule has 2 aromatic rings. The first-order valence-electron chi connectivity index (χ1n) is 11.9. The first-order chi connectivity index (χ1) is 16.3. The molecule has 0 radical (unpaired) electrons. The van der Waals surface area contributed by atoms with Crippen LogP contribution in [0.4, 0.5) is 0 Å². The summed E-state index contributed by atoms with van der Waals surface area (Å²) < 4.78 is 5.84. The molecule has 0 bridgehead atoms. The summed E-state index contributed by atoms with van der Waals surface area (Å²) in [4.78, 5) is 34.1. The molecule has 7 nitrogen and oxygen atoms in total. The first-order valence-corrected chi connectivity index (χ1v) is 11.9. The van der Waals surface area contributed by atoms with Gasteiger partial charge in [0.25, 0.3) is 11.7 Å². The Balaban J connectivity index is 2.02. The van der Waals surface area contributed by atoms with Gasteiger partial charge >= 0.3 is 0 Å². The number of aryl methyl sites for hydroxylation is 1. The largest absolute Gasteiger partial charge is 0.507 e. The molecule has 2 heterocycles. The van der Waals surface area contributed by atoms with E-state index in [4.69, 9.17) is 4.74 Å². The van der Waals surface area contributed by atoms with Crippen LogP contribution in [-0.4, -0.2) is 64.4 Å². The molecule has 1 fully saturated rings. The number of carbonyl (C=O) groups excluding carboxylic acids is 2. The Morgan fingerprint density at radius 3 is 2.41 bits per heavy atom. The fraction of sp³-hybridized carbons (Fsp3) is 0.444. The van der Waals surface area contributed by atoms with E-state index in [1.165, 1.54) is 0 Å². The van der Waals surface area contributed by atoms with Gasteiger partial charge in [-0.05, 0) is 67.4 Å². The molecule has 1 aliphatic heterocycles. The predicted octanol–water partition coefficient (Wildman–Crippen LogP) is 4.19. The van der Waals surface area contributed by atoms with Gasteiger partial charge in [-0.3, -0.25) is 14.6 Å². The van der Waals surface area contributed by atoms with E-state index >= 15 is 0 Å². The van der Waals surface area contributed by atoms with Crippen molar-refractivity contribution in [2.24, 2.45) is 5.92 Å². The number of ketones is 1. The molecule has 1 saturated heterocycles. The van der Waals surface area contributed by atoms with Gasteiger partial charge in [-0.1, -0.05) is 27.7 Å². The van der Waals surface area contributed by atoms with Gasteiger partial charge in [0.1, 0.15) is 11.5 Å². The molecule has 182 valence electrons. The van der Waals surface area contributed by atoms with E-state index in [-0.39, 0.29) is 11.3 Å². The first kappa shape index (κ1) is 25.4. The van der Waals surface area contributed by atoms with Crippen LogP contribution in [0.25, 0.3) is 5.76 Å². The minimum atomic E-state index is -0.671. The van der Waals surface area contributed by atoms with E-state index in [2.05, 4.69) is 37.6 Å². The van der Waals surface area contributed by atoms with E-state index in [0.717, 1.165) is 30.0 Å². The predicted molar refractivity (Wildman–Crippen MR) is 133 cm³/mol. The number of amides is 1. The zero-order chi connectivity index (χ0) is 24.8. The molecule has 0 aliphatic carbocycles. The lowest BCUT2D eigenvalue weighted by Crippen LogP contribution is -2.38. The SMILES string of the molecule is CCN(CC)CCN1C(=O)C(=O)C(=C(O)c2ccc(OCC(C)C)c(C)c2)[C@@H]1c1ccncc1. The summed E-state index contributed by atoms with van der Waals surface area (Å²) in [5, 5.41) is 11.3. The van der Waals surface area contributed by atoms with Crippen LogP contribution >= 0.6 is 0 Å². The number of Topliss-reactive ketones (excluding diaryl/α,β-unsaturated/α-hetero) is 1. The van der Waals surface area contributed by atoms with Crippen LogP contribution in [-0.2, 0) is 9.59 Å². The lowest BCUT2D eigenvalue weighted by Gasteiger charge is -2.28. The zero-order valence-electron chi connectivity index (χ0n) is 20.7. The Kier molecular flexibility index (Phi) is 8.45. The van der Waals surface area contributed by atoms with Crippen molar-refractivity contribution in [3.63, 3.8) is 0 Å². The summed E-state index contributed by atoms with van der Waals surface area (Å²) >= 11 is 0. The molecule has 1 amide bonds. The van der Waals surface area contributed by atoms with Crippen LogP contribution in [0.1, 0.15) is 50.4 Å². The number of aliphatic hydroxyl groups is 1. The summed E-state index contributed by atoms with van der Waals surface area (Å²) in [5.41, 5.74) is 2.17. The van der Waals surface area contributed by atoms with Gasteiger partial charge in [0.15, 0.2) is 0 Å². The van der Waals surface area contributed by atoms with E-state index in [1.54, 1.807) is 47.6 Å². The molecule has 7 heteroatoms. The summed E-state index contributed by atoms with van der Waals surface area (Å²) in [6, 6.07) is 8.20. The van der Waals surface area contributed by atoms with Crippen molar-refractivity contribution in [1.29, 1.82) is 0 Å². The summed E-state index contributed by atoms with van der Waals surface area (Å²) in [5.74, 6) is -0.319. The quantitative estimate of drug-likeness (QED) is 0.322. The number of ether oxygens (including phenoxy) is 1.